The molecular formula is C16H25F5N2O. The number of rotatable bonds is 11. The van der Waals surface area contributed by atoms with Crippen LogP contribution in [0.25, 0.3) is 0 Å². The van der Waals surface area contributed by atoms with Gasteiger partial charge < -0.3 is 4.74 Å². The second-order valence-electron chi connectivity index (χ2n) is 5.90. The largest absolute Gasteiger partial charge is 0.478 e. The minimum absolute atomic E-state index is 0.00373. The molecule has 0 aliphatic rings. The number of aromatic nitrogens is 2. The fourth-order valence-corrected chi connectivity index (χ4v) is 2.54. The molecule has 0 spiro atoms. The van der Waals surface area contributed by atoms with Crippen LogP contribution < -0.4 is 4.74 Å². The lowest BCUT2D eigenvalue weighted by Crippen LogP contribution is -2.08. The van der Waals surface area contributed by atoms with E-state index in [0.29, 0.717) is 13.0 Å². The third kappa shape index (κ3) is 7.05. The Morgan fingerprint density at radius 3 is 2.04 bits per heavy atom. The summed E-state index contributed by atoms with van der Waals surface area (Å²) in [5.74, 6) is 0.148. The number of ether oxygens (including phenoxy) is 1. The van der Waals surface area contributed by atoms with Crippen LogP contribution in [-0.2, 0) is 13.2 Å². The maximum atomic E-state index is 12.7. The summed E-state index contributed by atoms with van der Waals surface area (Å²) in [6, 6.07) is 0. The fraction of sp³-hybridized carbons (Fsp3) is 0.812. The topological polar surface area (TPSA) is 27.1 Å². The summed E-state index contributed by atoms with van der Waals surface area (Å²) in [4.78, 5) is 0. The van der Waals surface area contributed by atoms with E-state index in [4.69, 9.17) is 4.74 Å². The summed E-state index contributed by atoms with van der Waals surface area (Å²) in [5, 5.41) is 3.46. The van der Waals surface area contributed by atoms with Crippen molar-refractivity contribution in [3.63, 3.8) is 0 Å². The maximum Gasteiger partial charge on any atom is 0.435 e. The van der Waals surface area contributed by atoms with Gasteiger partial charge in [-0.05, 0) is 19.8 Å². The van der Waals surface area contributed by atoms with Gasteiger partial charge in [-0.15, -0.1) is 0 Å². The molecule has 1 aromatic rings. The number of nitrogens with zero attached hydrogens (tertiary/aromatic N) is 2. The van der Waals surface area contributed by atoms with E-state index in [1.165, 1.54) is 14.0 Å². The van der Waals surface area contributed by atoms with E-state index in [9.17, 15) is 22.0 Å². The van der Waals surface area contributed by atoms with Crippen LogP contribution >= 0.6 is 0 Å². The van der Waals surface area contributed by atoms with Crippen LogP contribution in [0, 0.1) is 6.92 Å². The zero-order valence-corrected chi connectivity index (χ0v) is 14.1. The van der Waals surface area contributed by atoms with Crippen molar-refractivity contribution < 1.29 is 26.7 Å². The Bertz CT molecular complexity index is 486. The van der Waals surface area contributed by atoms with Gasteiger partial charge in [-0.3, -0.25) is 0 Å². The Balaban J connectivity index is 2.17. The van der Waals surface area contributed by atoms with E-state index in [1.54, 1.807) is 0 Å². The van der Waals surface area contributed by atoms with Gasteiger partial charge in [-0.1, -0.05) is 32.1 Å². The van der Waals surface area contributed by atoms with E-state index in [-0.39, 0.29) is 17.9 Å². The number of unbranched alkanes of at least 4 members (excludes halogenated alkanes) is 6. The Hall–Kier alpha value is -1.34. The van der Waals surface area contributed by atoms with Crippen LogP contribution in [0.2, 0.25) is 0 Å². The van der Waals surface area contributed by atoms with Crippen LogP contribution in [0.5, 0.6) is 5.88 Å². The molecule has 0 aliphatic heterocycles. The first-order chi connectivity index (χ1) is 11.2. The molecule has 0 bridgehead atoms. The molecule has 0 aliphatic carbocycles. The van der Waals surface area contributed by atoms with E-state index in [1.807, 2.05) is 0 Å². The standard InChI is InChI=1S/C16H25F5N2O/c1-12-14(16(19,20)21)22-23(2)15(12)24-11-9-7-5-3-4-6-8-10-13(17)18/h13H,3-11H2,1-2H3. The summed E-state index contributed by atoms with van der Waals surface area (Å²) in [6.07, 6.45) is -0.828. The molecular weight excluding hydrogens is 331 g/mol. The first-order valence-electron chi connectivity index (χ1n) is 8.25. The van der Waals surface area contributed by atoms with Gasteiger partial charge >= 0.3 is 6.18 Å². The van der Waals surface area contributed by atoms with E-state index in [2.05, 4.69) is 5.10 Å². The lowest BCUT2D eigenvalue weighted by Gasteiger charge is -2.08. The summed E-state index contributed by atoms with van der Waals surface area (Å²) in [6.45, 7) is 1.69. The van der Waals surface area contributed by atoms with Crippen LogP contribution in [0.3, 0.4) is 0 Å². The first-order valence-corrected chi connectivity index (χ1v) is 8.25. The fourth-order valence-electron chi connectivity index (χ4n) is 2.54. The van der Waals surface area contributed by atoms with Gasteiger partial charge in [0.2, 0.25) is 12.3 Å². The second-order valence-corrected chi connectivity index (χ2v) is 5.90. The molecule has 0 amide bonds. The van der Waals surface area contributed by atoms with E-state index >= 15 is 0 Å². The maximum absolute atomic E-state index is 12.7. The molecule has 3 nitrogen and oxygen atoms in total. The third-order valence-corrected chi connectivity index (χ3v) is 3.79. The SMILES string of the molecule is Cc1c(C(F)(F)F)nn(C)c1OCCCCCCCCCC(F)F. The highest BCUT2D eigenvalue weighted by molar-refractivity contribution is 5.31. The molecule has 0 atom stereocenters. The second kappa shape index (κ2) is 9.84. The molecule has 0 saturated carbocycles. The lowest BCUT2D eigenvalue weighted by molar-refractivity contribution is -0.141. The Morgan fingerprint density at radius 2 is 1.54 bits per heavy atom. The Morgan fingerprint density at radius 1 is 1.00 bits per heavy atom. The lowest BCUT2D eigenvalue weighted by atomic mass is 10.1. The predicted molar refractivity (Wildman–Crippen MR) is 81.4 cm³/mol. The molecule has 0 N–H and O–H groups in total. The monoisotopic (exact) mass is 356 g/mol. The minimum atomic E-state index is -4.48. The molecule has 1 rings (SSSR count). The van der Waals surface area contributed by atoms with Gasteiger partial charge in [-0.2, -0.15) is 18.3 Å². The zero-order valence-electron chi connectivity index (χ0n) is 14.1. The number of hydrogen-bond donors (Lipinski definition) is 0. The normalized spacial score (nSPS) is 12.2. The number of aryl methyl sites for hydroxylation is 1. The predicted octanol–water partition coefficient (Wildman–Crippen LogP) is 5.51. The molecule has 0 saturated heterocycles. The molecule has 24 heavy (non-hydrogen) atoms. The Labute approximate surface area is 139 Å². The highest BCUT2D eigenvalue weighted by Gasteiger charge is 2.37. The third-order valence-electron chi connectivity index (χ3n) is 3.79. The van der Waals surface area contributed by atoms with Crippen molar-refractivity contribution in [2.75, 3.05) is 6.61 Å². The quantitative estimate of drug-likeness (QED) is 0.386. The summed E-state index contributed by atoms with van der Waals surface area (Å²) >= 11 is 0. The minimum Gasteiger partial charge on any atom is -0.478 e. The highest BCUT2D eigenvalue weighted by atomic mass is 19.4. The zero-order chi connectivity index (χ0) is 18.2. The highest BCUT2D eigenvalue weighted by Crippen LogP contribution is 2.34. The molecule has 8 heteroatoms. The smallest absolute Gasteiger partial charge is 0.435 e. The van der Waals surface area contributed by atoms with Gasteiger partial charge in [0.15, 0.2) is 5.69 Å². The summed E-state index contributed by atoms with van der Waals surface area (Å²) < 4.78 is 68.6. The number of halogens is 5. The van der Waals surface area contributed by atoms with Crippen molar-refractivity contribution >= 4 is 0 Å². The van der Waals surface area contributed by atoms with Crippen molar-refractivity contribution in [2.24, 2.45) is 7.05 Å². The molecule has 1 aromatic heterocycles. The van der Waals surface area contributed by atoms with Gasteiger partial charge in [-0.25, -0.2) is 13.5 Å². The van der Waals surface area contributed by atoms with Crippen molar-refractivity contribution in [1.82, 2.24) is 9.78 Å². The number of hydrogen-bond acceptors (Lipinski definition) is 2. The average molecular weight is 356 g/mol. The molecule has 1 heterocycles. The Kier molecular flexibility index (Phi) is 8.48. The van der Waals surface area contributed by atoms with Crippen LogP contribution in [0.1, 0.15) is 62.6 Å². The van der Waals surface area contributed by atoms with Crippen LogP contribution in [0.15, 0.2) is 0 Å². The van der Waals surface area contributed by atoms with E-state index < -0.39 is 18.3 Å². The van der Waals surface area contributed by atoms with Gasteiger partial charge in [0, 0.05) is 19.0 Å². The van der Waals surface area contributed by atoms with Gasteiger partial charge in [0.1, 0.15) is 0 Å². The number of alkyl halides is 5. The van der Waals surface area contributed by atoms with Gasteiger partial charge in [0.25, 0.3) is 0 Å². The summed E-state index contributed by atoms with van der Waals surface area (Å²) in [5.41, 5.74) is -0.909. The average Bonchev–Trinajstić information content (AvgIpc) is 2.76. The molecule has 0 radical (unpaired) electrons. The molecule has 0 fully saturated rings. The van der Waals surface area contributed by atoms with Crippen molar-refractivity contribution in [3.05, 3.63) is 11.3 Å². The first kappa shape index (κ1) is 20.7. The van der Waals surface area contributed by atoms with Crippen molar-refractivity contribution in [1.29, 1.82) is 0 Å². The van der Waals surface area contributed by atoms with Crippen LogP contribution in [0.4, 0.5) is 22.0 Å². The van der Waals surface area contributed by atoms with Crippen LogP contribution in [-0.4, -0.2) is 22.8 Å². The van der Waals surface area contributed by atoms with Gasteiger partial charge in [0.05, 0.1) is 6.61 Å². The van der Waals surface area contributed by atoms with E-state index in [0.717, 1.165) is 43.2 Å². The van der Waals surface area contributed by atoms with Crippen molar-refractivity contribution in [3.8, 4) is 5.88 Å². The molecule has 0 aromatic carbocycles. The molecule has 140 valence electrons. The summed E-state index contributed by atoms with van der Waals surface area (Å²) in [7, 11) is 1.43. The van der Waals surface area contributed by atoms with Crippen molar-refractivity contribution in [2.45, 2.75) is 70.9 Å². The molecule has 0 unspecified atom stereocenters.